The van der Waals surface area contributed by atoms with Gasteiger partial charge in [-0.3, -0.25) is 9.78 Å². The number of amides is 1. The Labute approximate surface area is 166 Å². The Hall–Kier alpha value is -2.88. The molecular weight excluding hydrogens is 385 g/mol. The summed E-state index contributed by atoms with van der Waals surface area (Å²) < 4.78 is 43.5. The number of anilines is 3. The summed E-state index contributed by atoms with van der Waals surface area (Å²) in [6, 6.07) is 2.48. The first-order valence-corrected chi connectivity index (χ1v) is 9.20. The fourth-order valence-corrected chi connectivity index (χ4v) is 3.71. The van der Waals surface area contributed by atoms with E-state index in [0.717, 1.165) is 6.07 Å². The first-order chi connectivity index (χ1) is 13.7. The molecule has 0 bridgehead atoms. The van der Waals surface area contributed by atoms with Crippen LogP contribution in [0.1, 0.15) is 29.6 Å². The zero-order valence-electron chi connectivity index (χ0n) is 16.1. The summed E-state index contributed by atoms with van der Waals surface area (Å²) in [5.74, 6) is -4.73. The summed E-state index contributed by atoms with van der Waals surface area (Å²) in [4.78, 5) is 21.3. The van der Waals surface area contributed by atoms with Gasteiger partial charge in [0.25, 0.3) is 11.8 Å². The third kappa shape index (κ3) is 4.26. The number of nitrogens with one attached hydrogen (secondary N) is 2. The second-order valence-electron chi connectivity index (χ2n) is 7.02. The summed E-state index contributed by atoms with van der Waals surface area (Å²) in [6.45, 7) is 0. The lowest BCUT2D eigenvalue weighted by Crippen LogP contribution is -2.59. The predicted octanol–water partition coefficient (Wildman–Crippen LogP) is 2.67. The fourth-order valence-electron chi connectivity index (χ4n) is 3.71. The SMILES string of the molecule is CNC1C(N(C)c2nc(Nc3cccnc3)c(C(N)=O)cc2F)CCCC1(F)F. The van der Waals surface area contributed by atoms with Gasteiger partial charge in [-0.2, -0.15) is 0 Å². The molecule has 1 amide bonds. The minimum Gasteiger partial charge on any atom is -0.365 e. The highest BCUT2D eigenvalue weighted by Crippen LogP contribution is 2.37. The van der Waals surface area contributed by atoms with Gasteiger partial charge in [0.05, 0.1) is 29.5 Å². The number of carbonyl (C=O) groups excluding carboxylic acids is 1. The van der Waals surface area contributed by atoms with Gasteiger partial charge in [0.2, 0.25) is 0 Å². The van der Waals surface area contributed by atoms with Gasteiger partial charge in [0, 0.05) is 19.7 Å². The lowest BCUT2D eigenvalue weighted by atomic mass is 9.86. The Kier molecular flexibility index (Phi) is 5.92. The Morgan fingerprint density at radius 3 is 2.79 bits per heavy atom. The van der Waals surface area contributed by atoms with Crippen molar-refractivity contribution < 1.29 is 18.0 Å². The van der Waals surface area contributed by atoms with Gasteiger partial charge in [-0.15, -0.1) is 0 Å². The fraction of sp³-hybridized carbons (Fsp3) is 0.421. The van der Waals surface area contributed by atoms with E-state index in [2.05, 4.69) is 20.6 Å². The molecule has 4 N–H and O–H groups in total. The van der Waals surface area contributed by atoms with E-state index in [0.29, 0.717) is 18.5 Å². The number of aromatic nitrogens is 2. The topological polar surface area (TPSA) is 96.2 Å². The lowest BCUT2D eigenvalue weighted by molar-refractivity contribution is -0.0685. The molecule has 2 atom stereocenters. The summed E-state index contributed by atoms with van der Waals surface area (Å²) in [6.07, 6.45) is 3.59. The molecule has 2 heterocycles. The average molecular weight is 408 g/mol. The number of primary amides is 1. The molecule has 0 aliphatic heterocycles. The number of hydrogen-bond donors (Lipinski definition) is 3. The van der Waals surface area contributed by atoms with Gasteiger partial charge in [0.1, 0.15) is 5.82 Å². The molecule has 0 aromatic carbocycles. The number of pyridine rings is 2. The first-order valence-electron chi connectivity index (χ1n) is 9.20. The van der Waals surface area contributed by atoms with Crippen LogP contribution in [0.2, 0.25) is 0 Å². The summed E-state index contributed by atoms with van der Waals surface area (Å²) in [7, 11) is 2.97. The number of likely N-dealkylation sites (N-methyl/N-ethyl adjacent to an activating group) is 2. The van der Waals surface area contributed by atoms with Crippen molar-refractivity contribution in [2.24, 2.45) is 5.73 Å². The highest BCUT2D eigenvalue weighted by molar-refractivity contribution is 5.98. The van der Waals surface area contributed by atoms with Crippen LogP contribution >= 0.6 is 0 Å². The molecule has 1 aliphatic rings. The van der Waals surface area contributed by atoms with Crippen LogP contribution in [0, 0.1) is 5.82 Å². The molecule has 2 unspecified atom stereocenters. The standard InChI is InChI=1S/C19H23F3N6O/c1-24-15-14(6-3-7-19(15,21)22)28(2)18-13(20)9-12(16(23)29)17(27-18)26-11-5-4-8-25-10-11/h4-5,8-10,14-15,24H,3,6-7H2,1-2H3,(H2,23,29)(H,26,27). The van der Waals surface area contributed by atoms with Gasteiger partial charge >= 0.3 is 0 Å². The van der Waals surface area contributed by atoms with E-state index < -0.39 is 29.7 Å². The normalized spacial score (nSPS) is 20.9. The number of nitrogens with two attached hydrogens (primary N) is 1. The molecule has 2 aromatic heterocycles. The molecule has 3 rings (SSSR count). The highest BCUT2D eigenvalue weighted by atomic mass is 19.3. The maximum atomic E-state index is 14.8. The molecule has 1 aliphatic carbocycles. The van der Waals surface area contributed by atoms with Gasteiger partial charge in [-0.25, -0.2) is 18.2 Å². The number of hydrogen-bond acceptors (Lipinski definition) is 6. The summed E-state index contributed by atoms with van der Waals surface area (Å²) in [5.41, 5.74) is 5.72. The highest BCUT2D eigenvalue weighted by Gasteiger charge is 2.48. The van der Waals surface area contributed by atoms with Crippen LogP contribution in [0.15, 0.2) is 30.6 Å². The Bertz CT molecular complexity index is 880. The zero-order valence-corrected chi connectivity index (χ0v) is 16.1. The molecule has 0 saturated heterocycles. The van der Waals surface area contributed by atoms with E-state index in [-0.39, 0.29) is 23.6 Å². The predicted molar refractivity (Wildman–Crippen MR) is 104 cm³/mol. The minimum absolute atomic E-state index is 0.0253. The van der Waals surface area contributed by atoms with Crippen molar-refractivity contribution in [1.82, 2.24) is 15.3 Å². The second-order valence-corrected chi connectivity index (χ2v) is 7.02. The van der Waals surface area contributed by atoms with Gasteiger partial charge < -0.3 is 21.3 Å². The smallest absolute Gasteiger partial charge is 0.265 e. The van der Waals surface area contributed by atoms with E-state index in [1.54, 1.807) is 18.3 Å². The van der Waals surface area contributed by atoms with Gasteiger partial charge in [-0.1, -0.05) is 0 Å². The molecule has 156 valence electrons. The molecule has 0 spiro atoms. The van der Waals surface area contributed by atoms with Crippen molar-refractivity contribution in [3.8, 4) is 0 Å². The van der Waals surface area contributed by atoms with Crippen LogP contribution in [0.3, 0.4) is 0 Å². The van der Waals surface area contributed by atoms with Crippen LogP contribution in [-0.2, 0) is 0 Å². The van der Waals surface area contributed by atoms with Crippen LogP contribution < -0.4 is 21.3 Å². The monoisotopic (exact) mass is 408 g/mol. The van der Waals surface area contributed by atoms with Crippen LogP contribution in [-0.4, -0.2) is 48.0 Å². The minimum atomic E-state index is -2.92. The van der Waals surface area contributed by atoms with E-state index >= 15 is 0 Å². The van der Waals surface area contributed by atoms with Crippen molar-refractivity contribution in [3.63, 3.8) is 0 Å². The maximum Gasteiger partial charge on any atom is 0.265 e. The number of alkyl halides is 2. The van der Waals surface area contributed by atoms with E-state index in [9.17, 15) is 18.0 Å². The molecule has 29 heavy (non-hydrogen) atoms. The molecule has 7 nitrogen and oxygen atoms in total. The van der Waals surface area contributed by atoms with Crippen molar-refractivity contribution in [3.05, 3.63) is 42.0 Å². The molecule has 2 aromatic rings. The third-order valence-electron chi connectivity index (χ3n) is 5.14. The van der Waals surface area contributed by atoms with Crippen molar-refractivity contribution in [2.45, 2.75) is 37.3 Å². The largest absolute Gasteiger partial charge is 0.365 e. The van der Waals surface area contributed by atoms with Crippen LogP contribution in [0.25, 0.3) is 0 Å². The molecule has 1 saturated carbocycles. The Balaban J connectivity index is 2.00. The molecule has 0 radical (unpaired) electrons. The van der Waals surface area contributed by atoms with Crippen molar-refractivity contribution in [2.75, 3.05) is 24.3 Å². The lowest BCUT2D eigenvalue weighted by Gasteiger charge is -2.42. The molecule has 10 heteroatoms. The Morgan fingerprint density at radius 1 is 1.41 bits per heavy atom. The van der Waals surface area contributed by atoms with Gasteiger partial charge in [0.15, 0.2) is 11.6 Å². The summed E-state index contributed by atoms with van der Waals surface area (Å²) in [5, 5.41) is 5.55. The van der Waals surface area contributed by atoms with Crippen molar-refractivity contribution in [1.29, 1.82) is 0 Å². The zero-order chi connectivity index (χ0) is 21.2. The van der Waals surface area contributed by atoms with Crippen LogP contribution in [0.4, 0.5) is 30.5 Å². The first kappa shape index (κ1) is 20.8. The van der Waals surface area contributed by atoms with E-state index in [1.165, 1.54) is 25.2 Å². The number of carbonyl (C=O) groups is 1. The Morgan fingerprint density at radius 2 is 2.17 bits per heavy atom. The summed E-state index contributed by atoms with van der Waals surface area (Å²) >= 11 is 0. The van der Waals surface area contributed by atoms with Gasteiger partial charge in [-0.05, 0) is 38.1 Å². The number of halogens is 3. The second kappa shape index (κ2) is 8.24. The third-order valence-corrected chi connectivity index (χ3v) is 5.14. The van der Waals surface area contributed by atoms with E-state index in [1.807, 2.05) is 0 Å². The average Bonchev–Trinajstić information content (AvgIpc) is 2.68. The van der Waals surface area contributed by atoms with Crippen molar-refractivity contribution >= 4 is 23.2 Å². The quantitative estimate of drug-likeness (QED) is 0.680. The van der Waals surface area contributed by atoms with E-state index in [4.69, 9.17) is 5.73 Å². The molecule has 1 fully saturated rings. The maximum absolute atomic E-state index is 14.8. The molecular formula is C19H23F3N6O. The van der Waals surface area contributed by atoms with Crippen LogP contribution in [0.5, 0.6) is 0 Å². The number of rotatable bonds is 6. The number of nitrogens with zero attached hydrogens (tertiary/aromatic N) is 3.